The van der Waals surface area contributed by atoms with Gasteiger partial charge >= 0.3 is 0 Å². The number of nitrogens with two attached hydrogens (primary N) is 1. The standard InChI is InChI=1S/C18H19FN2OS/c1-2-6-14(12-19)21-18(22)13-9-10-17(16(20)11-13)23-15-7-4-3-5-8-15/h2-8,11-12H,9-10,20H2,1H3,(H,21,22)/b6-2-,14-12+. The van der Waals surface area contributed by atoms with Crippen molar-refractivity contribution in [2.75, 3.05) is 0 Å². The third-order valence-corrected chi connectivity index (χ3v) is 4.46. The second kappa shape index (κ2) is 8.39. The molecule has 0 aliphatic heterocycles. The van der Waals surface area contributed by atoms with Gasteiger partial charge in [-0.2, -0.15) is 0 Å². The van der Waals surface area contributed by atoms with Crippen molar-refractivity contribution < 1.29 is 9.18 Å². The maximum Gasteiger partial charge on any atom is 0.251 e. The summed E-state index contributed by atoms with van der Waals surface area (Å²) in [6, 6.07) is 9.95. The highest BCUT2D eigenvalue weighted by Crippen LogP contribution is 2.35. The molecule has 0 saturated carbocycles. The minimum Gasteiger partial charge on any atom is -0.398 e. The lowest BCUT2D eigenvalue weighted by atomic mass is 10.0. The highest BCUT2D eigenvalue weighted by atomic mass is 32.2. The lowest BCUT2D eigenvalue weighted by Gasteiger charge is -2.17. The Balaban J connectivity index is 2.09. The van der Waals surface area contributed by atoms with Gasteiger partial charge in [-0.1, -0.05) is 36.0 Å². The molecular formula is C18H19FN2OS. The summed E-state index contributed by atoms with van der Waals surface area (Å²) in [5.74, 6) is -0.321. The first kappa shape index (κ1) is 17.1. The van der Waals surface area contributed by atoms with E-state index in [0.717, 1.165) is 9.80 Å². The molecule has 0 radical (unpaired) electrons. The summed E-state index contributed by atoms with van der Waals surface area (Å²) in [5, 5.41) is 2.53. The molecule has 0 bridgehead atoms. The molecule has 1 aromatic rings. The quantitative estimate of drug-likeness (QED) is 0.797. The van der Waals surface area contributed by atoms with Crippen molar-refractivity contribution in [3.8, 4) is 0 Å². The molecule has 1 amide bonds. The molecule has 120 valence electrons. The lowest BCUT2D eigenvalue weighted by molar-refractivity contribution is -0.116. The van der Waals surface area contributed by atoms with Gasteiger partial charge in [-0.25, -0.2) is 4.39 Å². The number of benzene rings is 1. The minimum absolute atomic E-state index is 0.130. The predicted molar refractivity (Wildman–Crippen MR) is 93.0 cm³/mol. The Hall–Kier alpha value is -2.27. The molecule has 0 spiro atoms. The number of halogens is 1. The number of hydrogen-bond acceptors (Lipinski definition) is 3. The Bertz CT molecular complexity index is 690. The first-order valence-corrected chi connectivity index (χ1v) is 8.12. The molecule has 0 unspecified atom stereocenters. The summed E-state index contributed by atoms with van der Waals surface area (Å²) in [5.41, 5.74) is 7.36. The Morgan fingerprint density at radius 2 is 2.04 bits per heavy atom. The Morgan fingerprint density at radius 3 is 2.65 bits per heavy atom. The zero-order chi connectivity index (χ0) is 16.7. The second-order valence-electron chi connectivity index (χ2n) is 4.98. The highest BCUT2D eigenvalue weighted by Gasteiger charge is 2.18. The number of thioether (sulfide) groups is 1. The average Bonchev–Trinajstić information content (AvgIpc) is 2.57. The summed E-state index contributed by atoms with van der Waals surface area (Å²) in [7, 11) is 0. The van der Waals surface area contributed by atoms with Crippen molar-refractivity contribution in [1.82, 2.24) is 5.32 Å². The number of hydrogen-bond donors (Lipinski definition) is 2. The van der Waals surface area contributed by atoms with Crippen LogP contribution in [0.5, 0.6) is 0 Å². The summed E-state index contributed by atoms with van der Waals surface area (Å²) < 4.78 is 12.7. The molecule has 3 N–H and O–H groups in total. The molecule has 1 aromatic carbocycles. The Labute approximate surface area is 139 Å². The van der Waals surface area contributed by atoms with Gasteiger partial charge in [0.25, 0.3) is 5.91 Å². The molecule has 0 saturated heterocycles. The van der Waals surface area contributed by atoms with Crippen LogP contribution < -0.4 is 11.1 Å². The number of nitrogens with one attached hydrogen (secondary N) is 1. The van der Waals surface area contributed by atoms with Gasteiger partial charge in [0.1, 0.15) is 6.33 Å². The van der Waals surface area contributed by atoms with Crippen LogP contribution >= 0.6 is 11.8 Å². The molecule has 23 heavy (non-hydrogen) atoms. The molecule has 0 atom stereocenters. The molecular weight excluding hydrogens is 311 g/mol. The first-order chi connectivity index (χ1) is 11.1. The predicted octanol–water partition coefficient (Wildman–Crippen LogP) is 4.17. The van der Waals surface area contributed by atoms with E-state index in [1.165, 1.54) is 6.08 Å². The molecule has 5 heteroatoms. The first-order valence-electron chi connectivity index (χ1n) is 7.30. The largest absolute Gasteiger partial charge is 0.398 e. The zero-order valence-corrected chi connectivity index (χ0v) is 13.7. The zero-order valence-electron chi connectivity index (χ0n) is 12.9. The molecule has 2 rings (SSSR count). The Kier molecular flexibility index (Phi) is 6.23. The van der Waals surface area contributed by atoms with Gasteiger partial charge in [0.15, 0.2) is 0 Å². The average molecular weight is 330 g/mol. The van der Waals surface area contributed by atoms with Crippen molar-refractivity contribution in [3.05, 3.63) is 76.8 Å². The smallest absolute Gasteiger partial charge is 0.251 e. The normalized spacial score (nSPS) is 15.7. The topological polar surface area (TPSA) is 55.1 Å². The molecule has 3 nitrogen and oxygen atoms in total. The molecule has 0 fully saturated rings. The van der Waals surface area contributed by atoms with Crippen LogP contribution in [0, 0.1) is 0 Å². The maximum atomic E-state index is 12.7. The van der Waals surface area contributed by atoms with E-state index in [1.807, 2.05) is 30.3 Å². The van der Waals surface area contributed by atoms with Gasteiger partial charge < -0.3 is 11.1 Å². The van der Waals surface area contributed by atoms with Crippen LogP contribution in [-0.2, 0) is 4.79 Å². The van der Waals surface area contributed by atoms with Crippen LogP contribution in [0.15, 0.2) is 81.7 Å². The Morgan fingerprint density at radius 1 is 1.30 bits per heavy atom. The van der Waals surface area contributed by atoms with Gasteiger partial charge in [-0.3, -0.25) is 4.79 Å². The number of rotatable bonds is 5. The van der Waals surface area contributed by atoms with Gasteiger partial charge in [0.2, 0.25) is 0 Å². The summed E-state index contributed by atoms with van der Waals surface area (Å²) in [6.45, 7) is 1.75. The highest BCUT2D eigenvalue weighted by molar-refractivity contribution is 8.03. The van der Waals surface area contributed by atoms with E-state index in [4.69, 9.17) is 5.73 Å². The summed E-state index contributed by atoms with van der Waals surface area (Å²) in [6.07, 6.45) is 6.48. The number of allylic oxidation sites excluding steroid dienone is 4. The second-order valence-corrected chi connectivity index (χ2v) is 6.15. The minimum atomic E-state index is -0.321. The van der Waals surface area contributed by atoms with E-state index in [1.54, 1.807) is 30.8 Å². The number of amides is 1. The molecule has 1 aliphatic carbocycles. The van der Waals surface area contributed by atoms with E-state index in [0.29, 0.717) is 30.4 Å². The van der Waals surface area contributed by atoms with Gasteiger partial charge in [-0.15, -0.1) is 0 Å². The fourth-order valence-electron chi connectivity index (χ4n) is 2.15. The lowest BCUT2D eigenvalue weighted by Crippen LogP contribution is -2.25. The fourth-order valence-corrected chi connectivity index (χ4v) is 3.11. The van der Waals surface area contributed by atoms with Crippen LogP contribution in [0.2, 0.25) is 0 Å². The molecule has 0 aromatic heterocycles. The van der Waals surface area contributed by atoms with E-state index in [2.05, 4.69) is 5.32 Å². The van der Waals surface area contributed by atoms with Crippen molar-refractivity contribution in [3.63, 3.8) is 0 Å². The maximum absolute atomic E-state index is 12.7. The van der Waals surface area contributed by atoms with Gasteiger partial charge in [-0.05, 0) is 44.1 Å². The molecule has 1 aliphatic rings. The van der Waals surface area contributed by atoms with E-state index in [9.17, 15) is 9.18 Å². The van der Waals surface area contributed by atoms with Crippen LogP contribution in [0.3, 0.4) is 0 Å². The number of carbonyl (C=O) groups is 1. The van der Waals surface area contributed by atoms with Crippen LogP contribution in [0.25, 0.3) is 0 Å². The van der Waals surface area contributed by atoms with Crippen molar-refractivity contribution in [1.29, 1.82) is 0 Å². The third-order valence-electron chi connectivity index (χ3n) is 3.27. The van der Waals surface area contributed by atoms with E-state index in [-0.39, 0.29) is 11.6 Å². The SMILES string of the molecule is C/C=C\C(=C/F)NC(=O)C1=CC(N)=C(Sc2ccccc2)CC1. The van der Waals surface area contributed by atoms with Crippen molar-refractivity contribution in [2.45, 2.75) is 24.7 Å². The van der Waals surface area contributed by atoms with E-state index >= 15 is 0 Å². The number of carbonyl (C=O) groups excluding carboxylic acids is 1. The third kappa shape index (κ3) is 4.86. The molecule has 0 heterocycles. The van der Waals surface area contributed by atoms with Crippen molar-refractivity contribution in [2.24, 2.45) is 5.73 Å². The van der Waals surface area contributed by atoms with Crippen molar-refractivity contribution >= 4 is 17.7 Å². The van der Waals surface area contributed by atoms with Gasteiger partial charge in [0.05, 0.1) is 5.70 Å². The van der Waals surface area contributed by atoms with Gasteiger partial charge in [0, 0.05) is 21.1 Å². The summed E-state index contributed by atoms with van der Waals surface area (Å²) in [4.78, 5) is 14.3. The monoisotopic (exact) mass is 330 g/mol. The van der Waals surface area contributed by atoms with Crippen LogP contribution in [-0.4, -0.2) is 5.91 Å². The van der Waals surface area contributed by atoms with Crippen LogP contribution in [0.4, 0.5) is 4.39 Å². The van der Waals surface area contributed by atoms with Crippen LogP contribution in [0.1, 0.15) is 19.8 Å². The fraction of sp³-hybridized carbons (Fsp3) is 0.167. The summed E-state index contributed by atoms with van der Waals surface area (Å²) >= 11 is 1.61. The van der Waals surface area contributed by atoms with E-state index < -0.39 is 0 Å².